The van der Waals surface area contributed by atoms with Crippen molar-refractivity contribution in [3.8, 4) is 0 Å². The van der Waals surface area contributed by atoms with Crippen LogP contribution < -0.4 is 10.6 Å². The Kier molecular flexibility index (Phi) is 6.05. The summed E-state index contributed by atoms with van der Waals surface area (Å²) in [5, 5.41) is 5.64. The molecule has 1 aliphatic rings. The Morgan fingerprint density at radius 3 is 2.67 bits per heavy atom. The molecule has 4 nitrogen and oxygen atoms in total. The Morgan fingerprint density at radius 1 is 1.24 bits per heavy atom. The molecule has 1 aromatic rings. The molecule has 1 saturated carbocycles. The number of urea groups is 1. The van der Waals surface area contributed by atoms with Crippen LogP contribution in [0.5, 0.6) is 0 Å². The van der Waals surface area contributed by atoms with Crippen LogP contribution >= 0.6 is 0 Å². The zero-order valence-electron chi connectivity index (χ0n) is 13.0. The highest BCUT2D eigenvalue weighted by atomic mass is 16.5. The van der Waals surface area contributed by atoms with E-state index in [1.54, 1.807) is 0 Å². The van der Waals surface area contributed by atoms with Gasteiger partial charge in [0.15, 0.2) is 0 Å². The van der Waals surface area contributed by atoms with E-state index < -0.39 is 0 Å². The minimum Gasteiger partial charge on any atom is -0.376 e. The first-order valence-electron chi connectivity index (χ1n) is 7.88. The van der Waals surface area contributed by atoms with E-state index in [1.807, 2.05) is 31.2 Å². The van der Waals surface area contributed by atoms with Gasteiger partial charge in [-0.2, -0.15) is 0 Å². The molecular weight excluding hydrogens is 264 g/mol. The quantitative estimate of drug-likeness (QED) is 0.812. The number of carbonyl (C=O) groups excluding carboxylic acids is 1. The number of nitrogens with one attached hydrogen (secondary N) is 2. The number of aryl methyl sites for hydroxylation is 1. The fourth-order valence-electron chi connectivity index (χ4n) is 2.72. The van der Waals surface area contributed by atoms with Gasteiger partial charge in [0.1, 0.15) is 0 Å². The molecule has 1 aliphatic carbocycles. The molecule has 2 N–H and O–H groups in total. The van der Waals surface area contributed by atoms with Crippen molar-refractivity contribution < 1.29 is 9.53 Å². The minimum atomic E-state index is -0.181. The van der Waals surface area contributed by atoms with Gasteiger partial charge in [-0.1, -0.05) is 37.5 Å². The van der Waals surface area contributed by atoms with Crippen LogP contribution in [0.25, 0.3) is 0 Å². The SMILES string of the molecule is Cc1ccc(NC(=O)NCCO[C@H]2CCCC[C@H]2C)cc1. The van der Waals surface area contributed by atoms with Gasteiger partial charge in [-0.3, -0.25) is 0 Å². The summed E-state index contributed by atoms with van der Waals surface area (Å²) in [4.78, 5) is 11.7. The molecular formula is C17H26N2O2. The lowest BCUT2D eigenvalue weighted by atomic mass is 9.88. The largest absolute Gasteiger partial charge is 0.376 e. The van der Waals surface area contributed by atoms with Crippen LogP contribution in [0.1, 0.15) is 38.2 Å². The van der Waals surface area contributed by atoms with Crippen molar-refractivity contribution >= 4 is 11.7 Å². The van der Waals surface area contributed by atoms with Crippen LogP contribution in [0, 0.1) is 12.8 Å². The third-order valence-electron chi connectivity index (χ3n) is 4.06. The first kappa shape index (κ1) is 15.8. The summed E-state index contributed by atoms with van der Waals surface area (Å²) in [5.74, 6) is 0.639. The molecule has 2 rings (SSSR count). The highest BCUT2D eigenvalue weighted by molar-refractivity contribution is 5.89. The Morgan fingerprint density at radius 2 is 1.95 bits per heavy atom. The molecule has 0 heterocycles. The number of ether oxygens (including phenoxy) is 1. The number of anilines is 1. The van der Waals surface area contributed by atoms with Gasteiger partial charge in [-0.15, -0.1) is 0 Å². The van der Waals surface area contributed by atoms with Gasteiger partial charge < -0.3 is 15.4 Å². The molecule has 0 bridgehead atoms. The molecule has 0 unspecified atom stereocenters. The molecule has 0 aromatic heterocycles. The van der Waals surface area contributed by atoms with E-state index in [0.29, 0.717) is 25.2 Å². The maximum atomic E-state index is 11.7. The molecule has 4 heteroatoms. The molecule has 116 valence electrons. The van der Waals surface area contributed by atoms with Gasteiger partial charge in [0.2, 0.25) is 0 Å². The summed E-state index contributed by atoms with van der Waals surface area (Å²) >= 11 is 0. The summed E-state index contributed by atoms with van der Waals surface area (Å²) in [5.41, 5.74) is 1.98. The zero-order valence-corrected chi connectivity index (χ0v) is 13.0. The summed E-state index contributed by atoms with van der Waals surface area (Å²) in [6.45, 7) is 5.39. The smallest absolute Gasteiger partial charge is 0.319 e. The number of benzene rings is 1. The molecule has 1 aromatic carbocycles. The third-order valence-corrected chi connectivity index (χ3v) is 4.06. The molecule has 0 aliphatic heterocycles. The minimum absolute atomic E-state index is 0.181. The zero-order chi connectivity index (χ0) is 15.1. The van der Waals surface area contributed by atoms with Gasteiger partial charge in [0, 0.05) is 12.2 Å². The average molecular weight is 290 g/mol. The lowest BCUT2D eigenvalue weighted by Crippen LogP contribution is -2.34. The Labute approximate surface area is 127 Å². The number of amides is 2. The number of rotatable bonds is 5. The van der Waals surface area contributed by atoms with Crippen LogP contribution in [0.15, 0.2) is 24.3 Å². The summed E-state index contributed by atoms with van der Waals surface area (Å²) in [6.07, 6.45) is 5.35. The van der Waals surface area contributed by atoms with Crippen molar-refractivity contribution in [2.45, 2.75) is 45.6 Å². The highest BCUT2D eigenvalue weighted by Crippen LogP contribution is 2.25. The lowest BCUT2D eigenvalue weighted by molar-refractivity contribution is -0.00232. The van der Waals surface area contributed by atoms with Crippen molar-refractivity contribution in [2.24, 2.45) is 5.92 Å². The molecule has 2 atom stereocenters. The van der Waals surface area contributed by atoms with Crippen molar-refractivity contribution in [3.05, 3.63) is 29.8 Å². The summed E-state index contributed by atoms with van der Waals surface area (Å²) in [7, 11) is 0. The van der Waals surface area contributed by atoms with E-state index in [4.69, 9.17) is 4.74 Å². The van der Waals surface area contributed by atoms with E-state index in [9.17, 15) is 4.79 Å². The average Bonchev–Trinajstić information content (AvgIpc) is 2.48. The second-order valence-electron chi connectivity index (χ2n) is 5.92. The first-order valence-corrected chi connectivity index (χ1v) is 7.88. The van der Waals surface area contributed by atoms with Crippen LogP contribution in [0.3, 0.4) is 0 Å². The Bertz CT molecular complexity index is 445. The Hall–Kier alpha value is -1.55. The second kappa shape index (κ2) is 8.03. The molecule has 0 radical (unpaired) electrons. The van der Waals surface area contributed by atoms with Gasteiger partial charge in [-0.25, -0.2) is 4.79 Å². The van der Waals surface area contributed by atoms with Crippen molar-refractivity contribution in [1.29, 1.82) is 0 Å². The van der Waals surface area contributed by atoms with Crippen LogP contribution in [-0.2, 0) is 4.74 Å². The van der Waals surface area contributed by atoms with E-state index in [0.717, 1.165) is 12.1 Å². The monoisotopic (exact) mass is 290 g/mol. The molecule has 1 fully saturated rings. The predicted molar refractivity (Wildman–Crippen MR) is 85.6 cm³/mol. The number of hydrogen-bond donors (Lipinski definition) is 2. The van der Waals surface area contributed by atoms with Crippen molar-refractivity contribution in [3.63, 3.8) is 0 Å². The van der Waals surface area contributed by atoms with Crippen molar-refractivity contribution in [1.82, 2.24) is 5.32 Å². The predicted octanol–water partition coefficient (Wildman–Crippen LogP) is 3.71. The number of hydrogen-bond acceptors (Lipinski definition) is 2. The van der Waals surface area contributed by atoms with Gasteiger partial charge in [0.25, 0.3) is 0 Å². The first-order chi connectivity index (χ1) is 10.1. The van der Waals surface area contributed by atoms with Crippen molar-refractivity contribution in [2.75, 3.05) is 18.5 Å². The highest BCUT2D eigenvalue weighted by Gasteiger charge is 2.21. The topological polar surface area (TPSA) is 50.4 Å². The summed E-state index contributed by atoms with van der Waals surface area (Å²) < 4.78 is 5.87. The van der Waals surface area contributed by atoms with Crippen LogP contribution in [-0.4, -0.2) is 25.3 Å². The fourth-order valence-corrected chi connectivity index (χ4v) is 2.72. The maximum absolute atomic E-state index is 11.7. The lowest BCUT2D eigenvalue weighted by Gasteiger charge is -2.28. The normalized spacial score (nSPS) is 21.8. The second-order valence-corrected chi connectivity index (χ2v) is 5.92. The van der Waals surface area contributed by atoms with E-state index in [1.165, 1.54) is 24.8 Å². The molecule has 2 amide bonds. The van der Waals surface area contributed by atoms with Crippen LogP contribution in [0.2, 0.25) is 0 Å². The standard InChI is InChI=1S/C17H26N2O2/c1-13-7-9-15(10-8-13)19-17(20)18-11-12-21-16-6-4-3-5-14(16)2/h7-10,14,16H,3-6,11-12H2,1-2H3,(H2,18,19,20)/t14-,16+/m1/s1. The van der Waals surface area contributed by atoms with Crippen LogP contribution in [0.4, 0.5) is 10.5 Å². The van der Waals surface area contributed by atoms with Gasteiger partial charge in [-0.05, 0) is 37.8 Å². The fraction of sp³-hybridized carbons (Fsp3) is 0.588. The molecule has 0 spiro atoms. The van der Waals surface area contributed by atoms with E-state index in [2.05, 4.69) is 17.6 Å². The number of carbonyl (C=O) groups is 1. The summed E-state index contributed by atoms with van der Waals surface area (Å²) in [6, 6.07) is 7.57. The van der Waals surface area contributed by atoms with E-state index >= 15 is 0 Å². The Balaban J connectivity index is 1.61. The van der Waals surface area contributed by atoms with Gasteiger partial charge in [0.05, 0.1) is 12.7 Å². The third kappa shape index (κ3) is 5.38. The maximum Gasteiger partial charge on any atom is 0.319 e. The molecule has 0 saturated heterocycles. The van der Waals surface area contributed by atoms with E-state index in [-0.39, 0.29) is 6.03 Å². The van der Waals surface area contributed by atoms with Gasteiger partial charge >= 0.3 is 6.03 Å². The molecule has 21 heavy (non-hydrogen) atoms.